The summed E-state index contributed by atoms with van der Waals surface area (Å²) in [5.74, 6) is -0.308. The van der Waals surface area contributed by atoms with Crippen LogP contribution in [0.25, 0.3) is 0 Å². The highest BCUT2D eigenvalue weighted by atomic mass is 16.5. The summed E-state index contributed by atoms with van der Waals surface area (Å²) in [5, 5.41) is 16.2. The summed E-state index contributed by atoms with van der Waals surface area (Å²) < 4.78 is 9.92. The Morgan fingerprint density at radius 2 is 1.15 bits per heavy atom. The first kappa shape index (κ1) is 18.9. The van der Waals surface area contributed by atoms with E-state index < -0.39 is 0 Å². The van der Waals surface area contributed by atoms with Crippen molar-refractivity contribution < 1.29 is 29.3 Å². The number of aliphatic hydroxyl groups is 2. The summed E-state index contributed by atoms with van der Waals surface area (Å²) in [6.07, 6.45) is 5.19. The number of hydrogen-bond donors (Lipinski definition) is 2. The van der Waals surface area contributed by atoms with Crippen LogP contribution in [0.4, 0.5) is 0 Å². The summed E-state index contributed by atoms with van der Waals surface area (Å²) in [6, 6.07) is 0. The van der Waals surface area contributed by atoms with E-state index in [4.69, 9.17) is 19.7 Å². The molecule has 0 atom stereocenters. The first-order chi connectivity index (χ1) is 9.70. The number of hydrogen-bond acceptors (Lipinski definition) is 6. The van der Waals surface area contributed by atoms with Gasteiger partial charge in [0.05, 0.1) is 13.2 Å². The van der Waals surface area contributed by atoms with Gasteiger partial charge in [0.25, 0.3) is 0 Å². The Morgan fingerprint density at radius 3 is 1.50 bits per heavy atom. The van der Waals surface area contributed by atoms with Gasteiger partial charge >= 0.3 is 11.9 Å². The minimum Gasteiger partial charge on any atom is -0.466 e. The van der Waals surface area contributed by atoms with E-state index >= 15 is 0 Å². The smallest absolute Gasteiger partial charge is 0.305 e. The summed E-state index contributed by atoms with van der Waals surface area (Å²) >= 11 is 0. The Morgan fingerprint density at radius 1 is 0.750 bits per heavy atom. The molecule has 2 N–H and O–H groups in total. The van der Waals surface area contributed by atoms with Crippen LogP contribution in [-0.4, -0.2) is 48.6 Å². The van der Waals surface area contributed by atoms with Gasteiger partial charge < -0.3 is 19.7 Å². The Balaban J connectivity index is 0.000000511. The Labute approximate surface area is 120 Å². The lowest BCUT2D eigenvalue weighted by Crippen LogP contribution is -2.11. The van der Waals surface area contributed by atoms with Gasteiger partial charge in [0, 0.05) is 26.1 Å². The SMILES string of the molecule is O=C1CCCCC(=O)OCCCCO1.OCCCCO. The summed E-state index contributed by atoms with van der Waals surface area (Å²) in [7, 11) is 0. The summed E-state index contributed by atoms with van der Waals surface area (Å²) in [6.45, 7) is 1.27. The third kappa shape index (κ3) is 13.3. The average Bonchev–Trinajstić information content (AvgIpc) is 2.44. The van der Waals surface area contributed by atoms with E-state index in [-0.39, 0.29) is 25.2 Å². The third-order valence-corrected chi connectivity index (χ3v) is 2.64. The molecule has 0 bridgehead atoms. The zero-order chi connectivity index (χ0) is 15.1. The van der Waals surface area contributed by atoms with Crippen LogP contribution in [0.15, 0.2) is 0 Å². The average molecular weight is 290 g/mol. The maximum Gasteiger partial charge on any atom is 0.305 e. The number of rotatable bonds is 3. The quantitative estimate of drug-likeness (QED) is 0.599. The second kappa shape index (κ2) is 14.3. The molecule has 1 heterocycles. The van der Waals surface area contributed by atoms with E-state index in [1.54, 1.807) is 0 Å². The van der Waals surface area contributed by atoms with Gasteiger partial charge in [-0.25, -0.2) is 0 Å². The zero-order valence-electron chi connectivity index (χ0n) is 12.0. The summed E-state index contributed by atoms with van der Waals surface area (Å²) in [4.78, 5) is 22.1. The predicted molar refractivity (Wildman–Crippen MR) is 73.0 cm³/mol. The molecule has 0 aromatic carbocycles. The lowest BCUT2D eigenvalue weighted by atomic mass is 10.2. The molecule has 0 amide bonds. The highest BCUT2D eigenvalue weighted by molar-refractivity contribution is 5.70. The number of carbonyl (C=O) groups is 2. The molecule has 0 spiro atoms. The van der Waals surface area contributed by atoms with Gasteiger partial charge in [0.2, 0.25) is 0 Å². The van der Waals surface area contributed by atoms with Crippen molar-refractivity contribution in [3.63, 3.8) is 0 Å². The van der Waals surface area contributed by atoms with Crippen LogP contribution in [0.2, 0.25) is 0 Å². The molecule has 0 unspecified atom stereocenters. The molecule has 20 heavy (non-hydrogen) atoms. The van der Waals surface area contributed by atoms with E-state index in [0.717, 1.165) is 25.7 Å². The molecule has 6 heteroatoms. The van der Waals surface area contributed by atoms with Crippen LogP contribution in [0.3, 0.4) is 0 Å². The predicted octanol–water partition coefficient (Wildman–Crippen LogP) is 1.18. The van der Waals surface area contributed by atoms with Crippen LogP contribution in [0, 0.1) is 0 Å². The molecule has 0 aliphatic carbocycles. The highest BCUT2D eigenvalue weighted by Gasteiger charge is 2.07. The van der Waals surface area contributed by atoms with Gasteiger partial charge in [-0.2, -0.15) is 0 Å². The Bertz CT molecular complexity index is 228. The second-order valence-corrected chi connectivity index (χ2v) is 4.51. The van der Waals surface area contributed by atoms with Crippen LogP contribution in [0.1, 0.15) is 51.4 Å². The van der Waals surface area contributed by atoms with Crippen molar-refractivity contribution in [3.05, 3.63) is 0 Å². The van der Waals surface area contributed by atoms with E-state index in [0.29, 0.717) is 38.9 Å². The van der Waals surface area contributed by atoms with Crippen molar-refractivity contribution in [1.29, 1.82) is 0 Å². The fourth-order valence-corrected chi connectivity index (χ4v) is 1.48. The molecule has 0 saturated carbocycles. The van der Waals surface area contributed by atoms with Crippen molar-refractivity contribution in [1.82, 2.24) is 0 Å². The lowest BCUT2D eigenvalue weighted by molar-refractivity contribution is -0.147. The van der Waals surface area contributed by atoms with Crippen molar-refractivity contribution in [2.75, 3.05) is 26.4 Å². The number of carbonyl (C=O) groups excluding carboxylic acids is 2. The standard InChI is InChI=1S/C10H16O4.C4H10O2/c11-9-5-1-2-6-10(12)14-8-4-3-7-13-9;5-3-1-2-4-6/h1-8H2;5-6H,1-4H2. The Hall–Kier alpha value is -1.14. The first-order valence-corrected chi connectivity index (χ1v) is 7.23. The van der Waals surface area contributed by atoms with E-state index in [9.17, 15) is 9.59 Å². The molecular weight excluding hydrogens is 264 g/mol. The molecule has 0 radical (unpaired) electrons. The first-order valence-electron chi connectivity index (χ1n) is 7.23. The highest BCUT2D eigenvalue weighted by Crippen LogP contribution is 2.05. The van der Waals surface area contributed by atoms with Gasteiger partial charge in [-0.1, -0.05) is 0 Å². The fourth-order valence-electron chi connectivity index (χ4n) is 1.48. The number of cyclic esters (lactones) is 2. The molecule has 1 saturated heterocycles. The van der Waals surface area contributed by atoms with Crippen LogP contribution in [-0.2, 0) is 19.1 Å². The zero-order valence-corrected chi connectivity index (χ0v) is 12.0. The largest absolute Gasteiger partial charge is 0.466 e. The molecule has 1 fully saturated rings. The number of unbranched alkanes of at least 4 members (excludes halogenated alkanes) is 1. The van der Waals surface area contributed by atoms with Gasteiger partial charge in [0.15, 0.2) is 0 Å². The van der Waals surface area contributed by atoms with Crippen LogP contribution in [0.5, 0.6) is 0 Å². The molecular formula is C14H26O6. The minimum atomic E-state index is -0.154. The van der Waals surface area contributed by atoms with Crippen molar-refractivity contribution in [2.24, 2.45) is 0 Å². The minimum absolute atomic E-state index is 0.154. The third-order valence-electron chi connectivity index (χ3n) is 2.64. The van der Waals surface area contributed by atoms with Crippen molar-refractivity contribution in [3.8, 4) is 0 Å². The number of ether oxygens (including phenoxy) is 2. The topological polar surface area (TPSA) is 93.1 Å². The fraction of sp³-hybridized carbons (Fsp3) is 0.857. The number of aliphatic hydroxyl groups excluding tert-OH is 2. The van der Waals surface area contributed by atoms with Gasteiger partial charge in [-0.05, 0) is 38.5 Å². The monoisotopic (exact) mass is 290 g/mol. The molecule has 6 nitrogen and oxygen atoms in total. The van der Waals surface area contributed by atoms with E-state index in [1.165, 1.54) is 0 Å². The molecule has 0 aromatic heterocycles. The van der Waals surface area contributed by atoms with Crippen LogP contribution < -0.4 is 0 Å². The van der Waals surface area contributed by atoms with Gasteiger partial charge in [0.1, 0.15) is 0 Å². The van der Waals surface area contributed by atoms with Gasteiger partial charge in [-0.15, -0.1) is 0 Å². The molecule has 118 valence electrons. The van der Waals surface area contributed by atoms with Crippen LogP contribution >= 0.6 is 0 Å². The van der Waals surface area contributed by atoms with E-state index in [2.05, 4.69) is 0 Å². The molecule has 1 rings (SSSR count). The number of esters is 2. The second-order valence-electron chi connectivity index (χ2n) is 4.51. The maximum absolute atomic E-state index is 11.0. The summed E-state index contributed by atoms with van der Waals surface area (Å²) in [5.41, 5.74) is 0. The molecule has 1 aliphatic rings. The van der Waals surface area contributed by atoms with Crippen molar-refractivity contribution in [2.45, 2.75) is 51.4 Å². The normalized spacial score (nSPS) is 17.7. The van der Waals surface area contributed by atoms with Gasteiger partial charge in [-0.3, -0.25) is 9.59 Å². The van der Waals surface area contributed by atoms with Crippen molar-refractivity contribution >= 4 is 11.9 Å². The maximum atomic E-state index is 11.0. The Kier molecular flexibility index (Phi) is 13.5. The van der Waals surface area contributed by atoms with E-state index in [1.807, 2.05) is 0 Å². The lowest BCUT2D eigenvalue weighted by Gasteiger charge is -2.08. The molecule has 0 aromatic rings. The molecule has 1 aliphatic heterocycles.